The van der Waals surface area contributed by atoms with Crippen LogP contribution in [-0.2, 0) is 13.6 Å². The maximum atomic E-state index is 11.8. The van der Waals surface area contributed by atoms with Crippen molar-refractivity contribution in [3.8, 4) is 11.1 Å². The van der Waals surface area contributed by atoms with E-state index in [1.165, 1.54) is 24.8 Å². The number of hydrogen-bond donors (Lipinski definition) is 1. The lowest BCUT2D eigenvalue weighted by Crippen LogP contribution is -2.29. The number of aromatic nitrogens is 3. The fraction of sp³-hybridized carbons (Fsp3) is 0.350. The summed E-state index contributed by atoms with van der Waals surface area (Å²) in [7, 11) is 1.87. The molecule has 0 aliphatic carbocycles. The van der Waals surface area contributed by atoms with Gasteiger partial charge in [-0.25, -0.2) is 4.98 Å². The Labute approximate surface area is 152 Å². The standard InChI is InChI=1S/C20H23N5O/c1-24-13-15(11-22-24)17-10-19(20(21)26)23-18-9-14(5-6-16(17)18)12-25-7-3-2-4-8-25/h5-6,9-11,13H,2-4,7-8,12H2,1H3,(H2,21,26). The summed E-state index contributed by atoms with van der Waals surface area (Å²) in [5.41, 5.74) is 9.69. The summed E-state index contributed by atoms with van der Waals surface area (Å²) in [6, 6.07) is 8.08. The molecule has 2 aromatic heterocycles. The van der Waals surface area contributed by atoms with Crippen LogP contribution in [0.1, 0.15) is 35.3 Å². The number of amides is 1. The summed E-state index contributed by atoms with van der Waals surface area (Å²) in [4.78, 5) is 18.7. The first-order valence-electron chi connectivity index (χ1n) is 9.05. The summed E-state index contributed by atoms with van der Waals surface area (Å²) in [6.07, 6.45) is 7.58. The Morgan fingerprint density at radius 3 is 2.69 bits per heavy atom. The van der Waals surface area contributed by atoms with E-state index >= 15 is 0 Å². The van der Waals surface area contributed by atoms with Crippen molar-refractivity contribution >= 4 is 16.8 Å². The van der Waals surface area contributed by atoms with Crippen molar-refractivity contribution in [2.45, 2.75) is 25.8 Å². The molecule has 1 fully saturated rings. The molecular weight excluding hydrogens is 326 g/mol. The molecule has 3 aromatic rings. The zero-order chi connectivity index (χ0) is 18.1. The fourth-order valence-corrected chi connectivity index (χ4v) is 3.67. The number of hydrogen-bond acceptors (Lipinski definition) is 4. The van der Waals surface area contributed by atoms with Crippen molar-refractivity contribution in [3.63, 3.8) is 0 Å². The summed E-state index contributed by atoms with van der Waals surface area (Å²) < 4.78 is 1.75. The Bertz CT molecular complexity index is 956. The first-order chi connectivity index (χ1) is 12.6. The predicted molar refractivity (Wildman–Crippen MR) is 102 cm³/mol. The number of pyridine rings is 1. The number of nitrogens with two attached hydrogens (primary N) is 1. The number of rotatable bonds is 4. The highest BCUT2D eigenvalue weighted by Crippen LogP contribution is 2.29. The van der Waals surface area contributed by atoms with E-state index in [0.29, 0.717) is 0 Å². The number of carbonyl (C=O) groups is 1. The summed E-state index contributed by atoms with van der Waals surface area (Å²) >= 11 is 0. The first-order valence-corrected chi connectivity index (χ1v) is 9.05. The van der Waals surface area contributed by atoms with E-state index < -0.39 is 5.91 Å². The maximum Gasteiger partial charge on any atom is 0.267 e. The van der Waals surface area contributed by atoms with E-state index in [2.05, 4.69) is 33.2 Å². The van der Waals surface area contributed by atoms with E-state index in [1.54, 1.807) is 16.9 Å². The molecule has 134 valence electrons. The predicted octanol–water partition coefficient (Wildman–Crippen LogP) is 2.72. The third-order valence-corrected chi connectivity index (χ3v) is 5.00. The Morgan fingerprint density at radius 2 is 2.00 bits per heavy atom. The quantitative estimate of drug-likeness (QED) is 0.786. The minimum Gasteiger partial charge on any atom is -0.364 e. The number of fused-ring (bicyclic) bond motifs is 1. The molecule has 0 atom stereocenters. The molecule has 0 unspecified atom stereocenters. The second kappa shape index (κ2) is 6.88. The molecule has 0 saturated carbocycles. The molecule has 0 spiro atoms. The molecule has 1 aromatic carbocycles. The molecule has 6 nitrogen and oxygen atoms in total. The monoisotopic (exact) mass is 349 g/mol. The van der Waals surface area contributed by atoms with Crippen molar-refractivity contribution in [1.29, 1.82) is 0 Å². The lowest BCUT2D eigenvalue weighted by molar-refractivity contribution is 0.0996. The van der Waals surface area contributed by atoms with Gasteiger partial charge in [-0.3, -0.25) is 14.4 Å². The molecule has 6 heteroatoms. The van der Waals surface area contributed by atoms with Gasteiger partial charge in [0.05, 0.1) is 11.7 Å². The molecule has 0 bridgehead atoms. The number of benzene rings is 1. The summed E-state index contributed by atoms with van der Waals surface area (Å²) in [5.74, 6) is -0.515. The van der Waals surface area contributed by atoms with Gasteiger partial charge in [0.25, 0.3) is 5.91 Å². The van der Waals surface area contributed by atoms with Crippen molar-refractivity contribution < 1.29 is 4.79 Å². The summed E-state index contributed by atoms with van der Waals surface area (Å²) in [6.45, 7) is 3.21. The molecule has 1 aliphatic heterocycles. The van der Waals surface area contributed by atoms with Gasteiger partial charge in [-0.2, -0.15) is 5.10 Å². The lowest BCUT2D eigenvalue weighted by Gasteiger charge is -2.26. The van der Waals surface area contributed by atoms with E-state index in [9.17, 15) is 4.79 Å². The van der Waals surface area contributed by atoms with Crippen LogP contribution < -0.4 is 5.73 Å². The van der Waals surface area contributed by atoms with E-state index in [0.717, 1.165) is 41.7 Å². The second-order valence-electron chi connectivity index (χ2n) is 7.01. The van der Waals surface area contributed by atoms with Crippen LogP contribution in [0.3, 0.4) is 0 Å². The second-order valence-corrected chi connectivity index (χ2v) is 7.01. The number of primary amides is 1. The molecule has 3 heterocycles. The van der Waals surface area contributed by atoms with Crippen LogP contribution in [0.4, 0.5) is 0 Å². The number of piperidine rings is 1. The van der Waals surface area contributed by atoms with Crippen LogP contribution in [0.2, 0.25) is 0 Å². The normalized spacial score (nSPS) is 15.4. The number of nitrogens with zero attached hydrogens (tertiary/aromatic N) is 4. The number of carbonyl (C=O) groups excluding carboxylic acids is 1. The number of aryl methyl sites for hydroxylation is 1. The first kappa shape index (κ1) is 16.7. The van der Waals surface area contributed by atoms with Gasteiger partial charge in [-0.05, 0) is 49.2 Å². The minimum atomic E-state index is -0.515. The topological polar surface area (TPSA) is 77.0 Å². The van der Waals surface area contributed by atoms with Gasteiger partial charge >= 0.3 is 0 Å². The molecule has 4 rings (SSSR count). The summed E-state index contributed by atoms with van der Waals surface area (Å²) in [5, 5.41) is 5.25. The molecule has 2 N–H and O–H groups in total. The van der Waals surface area contributed by atoms with Gasteiger partial charge in [0.15, 0.2) is 0 Å². The van der Waals surface area contributed by atoms with Crippen molar-refractivity contribution in [2.75, 3.05) is 13.1 Å². The highest BCUT2D eigenvalue weighted by molar-refractivity contribution is 6.00. The lowest BCUT2D eigenvalue weighted by atomic mass is 10.0. The molecule has 1 amide bonds. The van der Waals surface area contributed by atoms with Gasteiger partial charge in [0.2, 0.25) is 0 Å². The Kier molecular flexibility index (Phi) is 4.42. The van der Waals surface area contributed by atoms with Crippen LogP contribution in [0, 0.1) is 0 Å². The maximum absolute atomic E-state index is 11.8. The van der Waals surface area contributed by atoms with Crippen LogP contribution in [0.5, 0.6) is 0 Å². The van der Waals surface area contributed by atoms with Gasteiger partial charge in [0.1, 0.15) is 5.69 Å². The molecule has 1 saturated heterocycles. The Hall–Kier alpha value is -2.73. The molecule has 0 radical (unpaired) electrons. The average Bonchev–Trinajstić information content (AvgIpc) is 3.07. The minimum absolute atomic E-state index is 0.284. The van der Waals surface area contributed by atoms with Crippen LogP contribution in [0.15, 0.2) is 36.7 Å². The van der Waals surface area contributed by atoms with E-state index in [-0.39, 0.29) is 5.69 Å². The van der Waals surface area contributed by atoms with Crippen molar-refractivity contribution in [2.24, 2.45) is 12.8 Å². The Balaban J connectivity index is 1.77. The van der Waals surface area contributed by atoms with Gasteiger partial charge in [-0.1, -0.05) is 18.6 Å². The zero-order valence-electron chi connectivity index (χ0n) is 15.0. The van der Waals surface area contributed by atoms with E-state index in [1.807, 2.05) is 13.2 Å². The Morgan fingerprint density at radius 1 is 1.19 bits per heavy atom. The zero-order valence-corrected chi connectivity index (χ0v) is 15.0. The van der Waals surface area contributed by atoms with Gasteiger partial charge in [-0.15, -0.1) is 0 Å². The van der Waals surface area contributed by atoms with Gasteiger partial charge < -0.3 is 5.73 Å². The van der Waals surface area contributed by atoms with Crippen molar-refractivity contribution in [3.05, 3.63) is 47.9 Å². The third-order valence-electron chi connectivity index (χ3n) is 5.00. The van der Waals surface area contributed by atoms with Crippen molar-refractivity contribution in [1.82, 2.24) is 19.7 Å². The molecule has 26 heavy (non-hydrogen) atoms. The molecular formula is C20H23N5O. The average molecular weight is 349 g/mol. The van der Waals surface area contributed by atoms with Crippen LogP contribution >= 0.6 is 0 Å². The van der Waals surface area contributed by atoms with Gasteiger partial charge in [0, 0.05) is 30.7 Å². The van der Waals surface area contributed by atoms with Crippen LogP contribution in [-0.4, -0.2) is 38.7 Å². The SMILES string of the molecule is Cn1cc(-c2cc(C(N)=O)nc3cc(CN4CCCCC4)ccc23)cn1. The third kappa shape index (κ3) is 3.32. The smallest absolute Gasteiger partial charge is 0.267 e. The highest BCUT2D eigenvalue weighted by atomic mass is 16.1. The van der Waals surface area contributed by atoms with Crippen LogP contribution in [0.25, 0.3) is 22.0 Å². The van der Waals surface area contributed by atoms with E-state index in [4.69, 9.17) is 5.73 Å². The fourth-order valence-electron chi connectivity index (χ4n) is 3.67. The largest absolute Gasteiger partial charge is 0.364 e. The molecule has 1 aliphatic rings. The highest BCUT2D eigenvalue weighted by Gasteiger charge is 2.15. The number of likely N-dealkylation sites (tertiary alicyclic amines) is 1.